The summed E-state index contributed by atoms with van der Waals surface area (Å²) in [7, 11) is 3.08. The van der Waals surface area contributed by atoms with Gasteiger partial charge in [-0.2, -0.15) is 0 Å². The van der Waals surface area contributed by atoms with Crippen molar-refractivity contribution in [3.63, 3.8) is 0 Å². The molecule has 4 rings (SSSR count). The van der Waals surface area contributed by atoms with E-state index in [2.05, 4.69) is 6.58 Å². The minimum Gasteiger partial charge on any atom is -0.507 e. The van der Waals surface area contributed by atoms with Crippen molar-refractivity contribution in [2.24, 2.45) is 0 Å². The number of hydrogen-bond acceptors (Lipinski definition) is 5. The lowest BCUT2D eigenvalue weighted by Gasteiger charge is -2.13. The van der Waals surface area contributed by atoms with Gasteiger partial charge < -0.3 is 19.0 Å². The Morgan fingerprint density at radius 3 is 2.42 bits per heavy atom. The van der Waals surface area contributed by atoms with Crippen molar-refractivity contribution in [3.05, 3.63) is 59.0 Å². The van der Waals surface area contributed by atoms with Crippen LogP contribution in [0.3, 0.4) is 0 Å². The Kier molecular flexibility index (Phi) is 3.58. The first-order valence-corrected chi connectivity index (χ1v) is 7.98. The lowest BCUT2D eigenvalue weighted by Crippen LogP contribution is -2.02. The number of phenolic OH excluding ortho intramolecular Hbond substituents is 1. The second-order valence-corrected chi connectivity index (χ2v) is 5.89. The maximum atomic E-state index is 12.7. The van der Waals surface area contributed by atoms with Gasteiger partial charge in [-0.25, -0.2) is 4.79 Å². The van der Waals surface area contributed by atoms with Crippen LogP contribution in [0, 0.1) is 0 Å². The molecule has 0 aliphatic carbocycles. The fourth-order valence-corrected chi connectivity index (χ4v) is 3.36. The molecule has 0 radical (unpaired) electrons. The zero-order valence-corrected chi connectivity index (χ0v) is 14.3. The molecule has 26 heavy (non-hydrogen) atoms. The van der Waals surface area contributed by atoms with Crippen molar-refractivity contribution in [1.29, 1.82) is 0 Å². The number of benzene rings is 3. The predicted molar refractivity (Wildman–Crippen MR) is 102 cm³/mol. The third-order valence-electron chi connectivity index (χ3n) is 4.54. The second kappa shape index (κ2) is 5.81. The first-order chi connectivity index (χ1) is 12.6. The molecule has 5 nitrogen and oxygen atoms in total. The summed E-state index contributed by atoms with van der Waals surface area (Å²) in [5.41, 5.74) is 0.648. The molecular weight excluding hydrogens is 332 g/mol. The van der Waals surface area contributed by atoms with Crippen molar-refractivity contribution in [2.45, 2.75) is 0 Å². The maximum Gasteiger partial charge on any atom is 0.344 e. The average Bonchev–Trinajstić information content (AvgIpc) is 2.67. The molecule has 0 unspecified atom stereocenters. The molecule has 0 aliphatic heterocycles. The number of phenols is 1. The monoisotopic (exact) mass is 348 g/mol. The van der Waals surface area contributed by atoms with Crippen molar-refractivity contribution in [2.75, 3.05) is 14.2 Å². The van der Waals surface area contributed by atoms with Gasteiger partial charge >= 0.3 is 5.63 Å². The van der Waals surface area contributed by atoms with E-state index in [4.69, 9.17) is 13.9 Å². The molecule has 0 fully saturated rings. The summed E-state index contributed by atoms with van der Waals surface area (Å²) in [6.07, 6.45) is 1.64. The van der Waals surface area contributed by atoms with Gasteiger partial charge in [0.15, 0.2) is 0 Å². The van der Waals surface area contributed by atoms with Gasteiger partial charge in [-0.1, -0.05) is 24.8 Å². The summed E-state index contributed by atoms with van der Waals surface area (Å²) >= 11 is 0. The third kappa shape index (κ3) is 2.14. The fourth-order valence-electron chi connectivity index (χ4n) is 3.36. The lowest BCUT2D eigenvalue weighted by molar-refractivity contribution is 0.416. The van der Waals surface area contributed by atoms with Crippen molar-refractivity contribution in [3.8, 4) is 17.2 Å². The standard InChI is InChI=1S/C21H16O5/c1-4-11-8-14-18(16(9-11)24-2)13-10-17(25-3)19-12(6-5-7-15(19)22)20(13)26-21(14)23/h4-10,22H,1H2,2-3H3. The fraction of sp³-hybridized carbons (Fsp3) is 0.0952. The molecule has 0 amide bonds. The van der Waals surface area contributed by atoms with E-state index in [0.717, 1.165) is 5.56 Å². The van der Waals surface area contributed by atoms with E-state index in [0.29, 0.717) is 44.0 Å². The van der Waals surface area contributed by atoms with Crippen LogP contribution in [-0.2, 0) is 0 Å². The highest BCUT2D eigenvalue weighted by molar-refractivity contribution is 6.18. The molecule has 130 valence electrons. The van der Waals surface area contributed by atoms with Crippen LogP contribution in [-0.4, -0.2) is 19.3 Å². The molecule has 1 heterocycles. The van der Waals surface area contributed by atoms with Gasteiger partial charge in [-0.3, -0.25) is 0 Å². The number of hydrogen-bond donors (Lipinski definition) is 1. The molecule has 4 aromatic rings. The van der Waals surface area contributed by atoms with Gasteiger partial charge in [0.25, 0.3) is 0 Å². The Balaban J connectivity index is 2.35. The number of methoxy groups -OCH3 is 2. The Morgan fingerprint density at radius 1 is 1.00 bits per heavy atom. The second-order valence-electron chi connectivity index (χ2n) is 5.89. The minimum atomic E-state index is -0.482. The van der Waals surface area contributed by atoms with Crippen LogP contribution in [0.5, 0.6) is 17.2 Å². The summed E-state index contributed by atoms with van der Waals surface area (Å²) in [6, 6.07) is 10.3. The van der Waals surface area contributed by atoms with Gasteiger partial charge in [-0.15, -0.1) is 0 Å². The van der Waals surface area contributed by atoms with E-state index in [9.17, 15) is 9.90 Å². The first-order valence-electron chi connectivity index (χ1n) is 7.98. The van der Waals surface area contributed by atoms with Crippen molar-refractivity contribution < 1.29 is 19.0 Å². The van der Waals surface area contributed by atoms with Gasteiger partial charge in [-0.05, 0) is 29.8 Å². The highest BCUT2D eigenvalue weighted by atomic mass is 16.5. The van der Waals surface area contributed by atoms with Crippen molar-refractivity contribution >= 4 is 38.6 Å². The van der Waals surface area contributed by atoms with Crippen LogP contribution in [0.25, 0.3) is 38.6 Å². The maximum absolute atomic E-state index is 12.7. The van der Waals surface area contributed by atoms with Crippen LogP contribution >= 0.6 is 0 Å². The minimum absolute atomic E-state index is 0.0537. The topological polar surface area (TPSA) is 68.9 Å². The SMILES string of the molecule is C=Cc1cc(OC)c2c(c1)c(=O)oc1c3cccc(O)c3c(OC)cc12. The first kappa shape index (κ1) is 16.0. The van der Waals surface area contributed by atoms with Gasteiger partial charge in [0.05, 0.1) is 25.0 Å². The van der Waals surface area contributed by atoms with Gasteiger partial charge in [0.2, 0.25) is 0 Å². The molecular formula is C21H16O5. The molecule has 0 atom stereocenters. The normalized spacial score (nSPS) is 11.2. The summed E-state index contributed by atoms with van der Waals surface area (Å²) in [5, 5.41) is 13.0. The Labute approximate surface area is 148 Å². The molecule has 0 saturated carbocycles. The quantitative estimate of drug-likeness (QED) is 0.437. The van der Waals surface area contributed by atoms with Crippen LogP contribution in [0.2, 0.25) is 0 Å². The zero-order valence-electron chi connectivity index (χ0n) is 14.3. The van der Waals surface area contributed by atoms with Crippen molar-refractivity contribution in [1.82, 2.24) is 0 Å². The van der Waals surface area contributed by atoms with Gasteiger partial charge in [0.1, 0.15) is 22.8 Å². The summed E-state index contributed by atoms with van der Waals surface area (Å²) in [4.78, 5) is 12.7. The van der Waals surface area contributed by atoms with Gasteiger partial charge in [0, 0.05) is 16.2 Å². The molecule has 0 aliphatic rings. The molecule has 0 saturated heterocycles. The third-order valence-corrected chi connectivity index (χ3v) is 4.54. The number of rotatable bonds is 3. The van der Waals surface area contributed by atoms with E-state index in [1.165, 1.54) is 7.11 Å². The molecule has 0 spiro atoms. The number of ether oxygens (including phenoxy) is 2. The van der Waals surface area contributed by atoms with E-state index in [1.807, 2.05) is 6.07 Å². The molecule has 1 N–H and O–H groups in total. The number of aromatic hydroxyl groups is 1. The highest BCUT2D eigenvalue weighted by Crippen LogP contribution is 2.42. The molecule has 0 bridgehead atoms. The lowest BCUT2D eigenvalue weighted by atomic mass is 9.99. The summed E-state index contributed by atoms with van der Waals surface area (Å²) < 4.78 is 16.6. The Hall–Kier alpha value is -3.47. The smallest absolute Gasteiger partial charge is 0.344 e. The van der Waals surface area contributed by atoms with E-state index in [1.54, 1.807) is 43.5 Å². The Morgan fingerprint density at radius 2 is 1.73 bits per heavy atom. The molecule has 5 heteroatoms. The van der Waals surface area contributed by atoms with Crippen LogP contribution in [0.1, 0.15) is 5.56 Å². The Bertz CT molecular complexity index is 1250. The largest absolute Gasteiger partial charge is 0.507 e. The highest BCUT2D eigenvalue weighted by Gasteiger charge is 2.19. The van der Waals surface area contributed by atoms with Crippen LogP contribution < -0.4 is 15.1 Å². The summed E-state index contributed by atoms with van der Waals surface area (Å²) in [6.45, 7) is 3.75. The molecule has 3 aromatic carbocycles. The molecule has 1 aromatic heterocycles. The van der Waals surface area contributed by atoms with Crippen LogP contribution in [0.15, 0.2) is 52.2 Å². The zero-order chi connectivity index (χ0) is 18.4. The average molecular weight is 348 g/mol. The van der Waals surface area contributed by atoms with Crippen LogP contribution in [0.4, 0.5) is 0 Å². The van der Waals surface area contributed by atoms with E-state index in [-0.39, 0.29) is 5.75 Å². The van der Waals surface area contributed by atoms with E-state index >= 15 is 0 Å². The predicted octanol–water partition coefficient (Wildman–Crippen LogP) is 4.47. The number of fused-ring (bicyclic) bond motifs is 5. The summed E-state index contributed by atoms with van der Waals surface area (Å²) in [5.74, 6) is 1.07. The van der Waals surface area contributed by atoms with E-state index < -0.39 is 5.63 Å².